The largest absolute Gasteiger partial charge is 0.394 e. The lowest BCUT2D eigenvalue weighted by Crippen LogP contribution is -2.51. The average molecular weight is 985 g/mol. The Labute approximate surface area is 422 Å². The molecule has 6 fully saturated rings. The molecular weight excluding hydrogens is 913 g/mol. The topological polar surface area (TPSA) is 178 Å². The van der Waals surface area contributed by atoms with Gasteiger partial charge in [0.25, 0.3) is 0 Å². The molecule has 0 saturated carbocycles. The number of rotatable bonds is 10. The van der Waals surface area contributed by atoms with E-state index in [0.29, 0.717) is 48.7 Å². The number of aromatic nitrogens is 8. The first-order valence-electron chi connectivity index (χ1n) is 26.3. The first kappa shape index (κ1) is 49.1. The van der Waals surface area contributed by atoms with Crippen molar-refractivity contribution in [3.8, 4) is 11.6 Å². The predicted octanol–water partition coefficient (Wildman–Crippen LogP) is 5.19. The molecule has 6 saturated heterocycles. The second kappa shape index (κ2) is 21.0. The van der Waals surface area contributed by atoms with E-state index in [0.717, 1.165) is 111 Å². The number of aliphatic hydroxyl groups is 2. The highest BCUT2D eigenvalue weighted by molar-refractivity contribution is 5.83. The highest BCUT2D eigenvalue weighted by Gasteiger charge is 2.33. The molecule has 18 nitrogen and oxygen atoms in total. The molecule has 0 spiro atoms. The first-order valence-corrected chi connectivity index (χ1v) is 26.3. The normalized spacial score (nSPS) is 24.4. The van der Waals surface area contributed by atoms with Gasteiger partial charge in [0.1, 0.15) is 23.3 Å². The number of morpholine rings is 2. The summed E-state index contributed by atoms with van der Waals surface area (Å²) >= 11 is 0. The van der Waals surface area contributed by atoms with Gasteiger partial charge in [0, 0.05) is 49.1 Å². The molecular formula is C54H72N12O6. The van der Waals surface area contributed by atoms with Gasteiger partial charge in [-0.05, 0) is 152 Å². The van der Waals surface area contributed by atoms with Crippen LogP contribution < -0.4 is 9.80 Å². The van der Waals surface area contributed by atoms with Crippen molar-refractivity contribution in [2.24, 2.45) is 0 Å². The van der Waals surface area contributed by atoms with Crippen molar-refractivity contribution in [2.45, 2.75) is 116 Å². The molecule has 4 aromatic heterocycles. The lowest BCUT2D eigenvalue weighted by Gasteiger charge is -2.41. The Morgan fingerprint density at radius 1 is 0.514 bits per heavy atom. The van der Waals surface area contributed by atoms with Crippen LogP contribution in [0.3, 0.4) is 0 Å². The number of aryl methyl sites for hydroxylation is 4. The van der Waals surface area contributed by atoms with Gasteiger partial charge in [0.2, 0.25) is 0 Å². The highest BCUT2D eigenvalue weighted by Crippen LogP contribution is 2.37. The third kappa shape index (κ3) is 10.2. The van der Waals surface area contributed by atoms with Gasteiger partial charge in [0.05, 0.1) is 99.6 Å². The van der Waals surface area contributed by atoms with Crippen molar-refractivity contribution >= 4 is 33.4 Å². The molecule has 2 aromatic carbocycles. The minimum Gasteiger partial charge on any atom is -0.394 e. The van der Waals surface area contributed by atoms with Gasteiger partial charge in [-0.3, -0.25) is 9.80 Å². The lowest BCUT2D eigenvalue weighted by molar-refractivity contribution is -0.0712. The van der Waals surface area contributed by atoms with E-state index >= 15 is 0 Å². The highest BCUT2D eigenvalue weighted by atomic mass is 16.5. The molecule has 6 aromatic rings. The van der Waals surface area contributed by atoms with Gasteiger partial charge in [0.15, 0.2) is 11.6 Å². The zero-order valence-corrected chi connectivity index (χ0v) is 42.9. The molecule has 6 aliphatic heterocycles. The van der Waals surface area contributed by atoms with Crippen LogP contribution >= 0.6 is 0 Å². The number of nitrogens with zero attached hydrogens (tertiary/aromatic N) is 12. The number of hydrogen-bond donors (Lipinski definition) is 2. The number of hydrogen-bond acceptors (Lipinski definition) is 16. The van der Waals surface area contributed by atoms with E-state index in [4.69, 9.17) is 49.1 Å². The van der Waals surface area contributed by atoms with Crippen LogP contribution in [0.1, 0.15) is 85.3 Å². The van der Waals surface area contributed by atoms with Crippen molar-refractivity contribution < 1.29 is 29.2 Å². The smallest absolute Gasteiger partial charge is 0.159 e. The maximum absolute atomic E-state index is 9.66. The molecule has 18 heteroatoms. The molecule has 0 radical (unpaired) electrons. The molecule has 384 valence electrons. The molecule has 10 heterocycles. The molecule has 6 aliphatic rings. The van der Waals surface area contributed by atoms with Crippen molar-refractivity contribution in [3.05, 3.63) is 82.7 Å². The summed E-state index contributed by atoms with van der Waals surface area (Å²) in [6.07, 6.45) is 8.18. The van der Waals surface area contributed by atoms with Crippen molar-refractivity contribution in [1.82, 2.24) is 49.3 Å². The zero-order valence-electron chi connectivity index (χ0n) is 42.9. The van der Waals surface area contributed by atoms with E-state index in [1.54, 1.807) is 0 Å². The molecule has 4 unspecified atom stereocenters. The van der Waals surface area contributed by atoms with Crippen LogP contribution in [0.2, 0.25) is 0 Å². The van der Waals surface area contributed by atoms with Gasteiger partial charge in [-0.2, -0.15) is 10.2 Å². The van der Waals surface area contributed by atoms with E-state index < -0.39 is 0 Å². The SMILES string of the molecule is Cc1nc(N2CC(C)OC(CO)C2)cc(-n2ncc3cc(C)c(C4CCN(C5COC5)CC4)cc32)n1.Cc1nc(N2CC(C)OC(CO)C2)cc(-n2ncc3cc(C)c(C4CCN(C5COC5)CC4)cc32)n1. The number of benzene rings is 2. The lowest BCUT2D eigenvalue weighted by atomic mass is 9.85. The van der Waals surface area contributed by atoms with E-state index in [1.807, 2.05) is 61.6 Å². The minimum atomic E-state index is -0.216. The Balaban J connectivity index is 0.000000156. The molecule has 72 heavy (non-hydrogen) atoms. The molecule has 0 bridgehead atoms. The number of likely N-dealkylation sites (tertiary alicyclic amines) is 2. The predicted molar refractivity (Wildman–Crippen MR) is 276 cm³/mol. The second-order valence-electron chi connectivity index (χ2n) is 21.2. The summed E-state index contributed by atoms with van der Waals surface area (Å²) in [6, 6.07) is 14.5. The quantitative estimate of drug-likeness (QED) is 0.183. The summed E-state index contributed by atoms with van der Waals surface area (Å²) in [7, 11) is 0. The Morgan fingerprint density at radius 3 is 1.26 bits per heavy atom. The maximum Gasteiger partial charge on any atom is 0.159 e. The number of anilines is 2. The van der Waals surface area contributed by atoms with Crippen LogP contribution in [0.5, 0.6) is 0 Å². The summed E-state index contributed by atoms with van der Waals surface area (Å²) in [4.78, 5) is 28.5. The van der Waals surface area contributed by atoms with Gasteiger partial charge in [-0.1, -0.05) is 0 Å². The Morgan fingerprint density at radius 2 is 0.903 bits per heavy atom. The van der Waals surface area contributed by atoms with Crippen LogP contribution in [0, 0.1) is 27.7 Å². The van der Waals surface area contributed by atoms with Crippen LogP contribution in [0.4, 0.5) is 11.6 Å². The summed E-state index contributed by atoms with van der Waals surface area (Å²) in [5.41, 5.74) is 7.69. The molecule has 0 amide bonds. The van der Waals surface area contributed by atoms with Crippen molar-refractivity contribution in [3.63, 3.8) is 0 Å². The summed E-state index contributed by atoms with van der Waals surface area (Å²) in [5.74, 6) is 5.73. The van der Waals surface area contributed by atoms with Gasteiger partial charge in [-0.15, -0.1) is 0 Å². The third-order valence-electron chi connectivity index (χ3n) is 15.9. The van der Waals surface area contributed by atoms with Gasteiger partial charge < -0.3 is 39.0 Å². The zero-order chi connectivity index (χ0) is 49.6. The summed E-state index contributed by atoms with van der Waals surface area (Å²) in [5, 5.41) is 31.0. The fourth-order valence-electron chi connectivity index (χ4n) is 12.0. The number of aliphatic hydroxyl groups excluding tert-OH is 2. The van der Waals surface area contributed by atoms with Crippen molar-refractivity contribution in [2.75, 3.05) is 102 Å². The fourth-order valence-corrected chi connectivity index (χ4v) is 12.0. The standard InChI is InChI=1S/2C27H36N6O3/c2*1-17-8-21-11-28-33(25(21)9-24(17)20-4-6-31(7-5-20)22-15-35-16-22)27-10-26(29-19(3)30-27)32-12-18(2)36-23(13-32)14-34/h2*8-11,18,20,22-23,34H,4-7,12-16H2,1-3H3. The van der Waals surface area contributed by atoms with Crippen LogP contribution in [-0.4, -0.2) is 188 Å². The Kier molecular flexibility index (Phi) is 14.3. The first-order chi connectivity index (χ1) is 35.0. The monoisotopic (exact) mass is 985 g/mol. The van der Waals surface area contributed by atoms with Crippen LogP contribution in [0.25, 0.3) is 33.4 Å². The molecule has 12 rings (SSSR count). The number of ether oxygens (including phenoxy) is 4. The van der Waals surface area contributed by atoms with Crippen LogP contribution in [0.15, 0.2) is 48.8 Å². The molecule has 4 atom stereocenters. The summed E-state index contributed by atoms with van der Waals surface area (Å²) in [6.45, 7) is 23.1. The van der Waals surface area contributed by atoms with Gasteiger partial charge in [-0.25, -0.2) is 29.3 Å². The Hall–Kier alpha value is -5.18. The second-order valence-corrected chi connectivity index (χ2v) is 21.2. The molecule has 0 aliphatic carbocycles. The molecule has 2 N–H and O–H groups in total. The maximum atomic E-state index is 9.66. The van der Waals surface area contributed by atoms with E-state index in [9.17, 15) is 10.2 Å². The van der Waals surface area contributed by atoms with Crippen LogP contribution in [-0.2, 0) is 18.9 Å². The van der Waals surface area contributed by atoms with Crippen molar-refractivity contribution in [1.29, 1.82) is 0 Å². The average Bonchev–Trinajstić information content (AvgIpc) is 3.96. The van der Waals surface area contributed by atoms with E-state index in [-0.39, 0.29) is 37.6 Å². The van der Waals surface area contributed by atoms with E-state index in [2.05, 4.69) is 57.7 Å². The third-order valence-corrected chi connectivity index (χ3v) is 15.9. The van der Waals surface area contributed by atoms with E-state index in [1.165, 1.54) is 47.9 Å². The van der Waals surface area contributed by atoms with Gasteiger partial charge >= 0.3 is 0 Å². The fraction of sp³-hybridized carbons (Fsp3) is 0.593. The minimum absolute atomic E-state index is 0.00293. The number of fused-ring (bicyclic) bond motifs is 2. The Bertz CT molecular complexity index is 2660. The summed E-state index contributed by atoms with van der Waals surface area (Å²) < 4.78 is 26.4. The number of piperidine rings is 2.